The molecule has 1 heterocycles. The monoisotopic (exact) mass is 136 g/mol. The average Bonchev–Trinajstić information content (AvgIpc) is 2.63. The zero-order chi connectivity index (χ0) is 7.56. The Hall–Kier alpha value is -0.820. The zero-order valence-corrected chi connectivity index (χ0v) is 6.26. The highest BCUT2D eigenvalue weighted by atomic mass is 16.6. The van der Waals surface area contributed by atoms with Crippen LogP contribution in [0.2, 0.25) is 0 Å². The van der Waals surface area contributed by atoms with Gasteiger partial charge in [0.25, 0.3) is 0 Å². The second kappa shape index (κ2) is 2.84. The first-order valence-electron chi connectivity index (χ1n) is 3.34. The summed E-state index contributed by atoms with van der Waals surface area (Å²) >= 11 is 0. The van der Waals surface area contributed by atoms with Crippen LogP contribution < -0.4 is 0 Å². The van der Waals surface area contributed by atoms with Crippen molar-refractivity contribution in [2.75, 3.05) is 6.61 Å². The predicted octanol–water partition coefficient (Wildman–Crippen LogP) is 2.07. The summed E-state index contributed by atoms with van der Waals surface area (Å²) in [6.07, 6.45) is 4.19. The maximum atomic E-state index is 5.02. The Kier molecular flexibility index (Phi) is 2.07. The average molecular weight is 136 g/mol. The molecule has 1 aliphatic rings. The molecule has 0 aromatic rings. The lowest BCUT2D eigenvalue weighted by Crippen LogP contribution is -1.84. The highest BCUT2D eigenvalue weighted by molar-refractivity contribution is 5.27. The highest BCUT2D eigenvalue weighted by Gasteiger charge is 2.23. The molecule has 10 heavy (non-hydrogen) atoms. The van der Waals surface area contributed by atoms with E-state index in [0.29, 0.717) is 0 Å². The third kappa shape index (κ3) is 2.19. The minimum Gasteiger partial charge on any atom is -0.368 e. The Morgan fingerprint density at radius 3 is 2.50 bits per heavy atom. The van der Waals surface area contributed by atoms with E-state index < -0.39 is 0 Å². The Labute approximate surface area is 61.7 Å². The minimum atomic E-state index is 0.288. The fourth-order valence-corrected chi connectivity index (χ4v) is 0.619. The SMILES string of the molecule is C=C(C)/C=C\C(=C)C1CO1. The summed E-state index contributed by atoms with van der Waals surface area (Å²) in [6.45, 7) is 10.4. The van der Waals surface area contributed by atoms with Gasteiger partial charge in [0.05, 0.1) is 6.61 Å². The first-order valence-corrected chi connectivity index (χ1v) is 3.34. The van der Waals surface area contributed by atoms with Gasteiger partial charge in [0, 0.05) is 0 Å². The van der Waals surface area contributed by atoms with E-state index >= 15 is 0 Å². The zero-order valence-electron chi connectivity index (χ0n) is 6.26. The number of hydrogen-bond acceptors (Lipinski definition) is 1. The smallest absolute Gasteiger partial charge is 0.105 e. The molecule has 0 aromatic carbocycles. The van der Waals surface area contributed by atoms with Gasteiger partial charge in [0.15, 0.2) is 0 Å². The molecule has 0 spiro atoms. The van der Waals surface area contributed by atoms with Crippen molar-refractivity contribution in [1.82, 2.24) is 0 Å². The quantitative estimate of drug-likeness (QED) is 0.427. The van der Waals surface area contributed by atoms with Gasteiger partial charge in [0.1, 0.15) is 6.10 Å². The van der Waals surface area contributed by atoms with Gasteiger partial charge in [-0.1, -0.05) is 30.9 Å². The minimum absolute atomic E-state index is 0.288. The molecule has 0 aliphatic carbocycles. The van der Waals surface area contributed by atoms with E-state index in [1.54, 1.807) is 0 Å². The lowest BCUT2D eigenvalue weighted by atomic mass is 10.2. The van der Waals surface area contributed by atoms with Gasteiger partial charge in [0.2, 0.25) is 0 Å². The van der Waals surface area contributed by atoms with Crippen LogP contribution in [0.3, 0.4) is 0 Å². The summed E-state index contributed by atoms with van der Waals surface area (Å²) in [5, 5.41) is 0. The lowest BCUT2D eigenvalue weighted by Gasteiger charge is -1.89. The van der Waals surface area contributed by atoms with Crippen LogP contribution in [-0.2, 0) is 4.74 Å². The van der Waals surface area contributed by atoms with Crippen LogP contribution in [-0.4, -0.2) is 12.7 Å². The summed E-state index contributed by atoms with van der Waals surface area (Å²) in [5.41, 5.74) is 2.09. The molecule has 0 aromatic heterocycles. The van der Waals surface area contributed by atoms with Gasteiger partial charge < -0.3 is 4.74 Å². The van der Waals surface area contributed by atoms with Crippen molar-refractivity contribution in [2.24, 2.45) is 0 Å². The van der Waals surface area contributed by atoms with Crippen molar-refractivity contribution in [1.29, 1.82) is 0 Å². The number of rotatable bonds is 3. The molecule has 1 rings (SSSR count). The van der Waals surface area contributed by atoms with Crippen LogP contribution in [0.15, 0.2) is 36.5 Å². The topological polar surface area (TPSA) is 12.5 Å². The van der Waals surface area contributed by atoms with Gasteiger partial charge in [-0.05, 0) is 12.5 Å². The van der Waals surface area contributed by atoms with Gasteiger partial charge in [-0.15, -0.1) is 0 Å². The second-order valence-electron chi connectivity index (χ2n) is 2.58. The van der Waals surface area contributed by atoms with Crippen molar-refractivity contribution in [3.63, 3.8) is 0 Å². The normalized spacial score (nSPS) is 23.1. The van der Waals surface area contributed by atoms with Crippen LogP contribution in [0.25, 0.3) is 0 Å². The molecule has 0 radical (unpaired) electrons. The molecule has 1 nitrogen and oxygen atoms in total. The Morgan fingerprint density at radius 1 is 1.50 bits per heavy atom. The molecular formula is C9H12O. The molecule has 1 unspecified atom stereocenters. The van der Waals surface area contributed by atoms with Crippen LogP contribution >= 0.6 is 0 Å². The van der Waals surface area contributed by atoms with Crippen LogP contribution in [0.1, 0.15) is 6.92 Å². The molecule has 0 bridgehead atoms. The molecule has 1 heteroatoms. The molecule has 0 amide bonds. The molecule has 54 valence electrons. The van der Waals surface area contributed by atoms with Gasteiger partial charge in [-0.25, -0.2) is 0 Å². The second-order valence-corrected chi connectivity index (χ2v) is 2.58. The molecule has 0 N–H and O–H groups in total. The van der Waals surface area contributed by atoms with E-state index in [9.17, 15) is 0 Å². The fraction of sp³-hybridized carbons (Fsp3) is 0.333. The van der Waals surface area contributed by atoms with Crippen molar-refractivity contribution in [2.45, 2.75) is 13.0 Å². The van der Waals surface area contributed by atoms with E-state index in [4.69, 9.17) is 4.74 Å². The summed E-state index contributed by atoms with van der Waals surface area (Å²) in [7, 11) is 0. The van der Waals surface area contributed by atoms with E-state index in [1.165, 1.54) is 0 Å². The lowest BCUT2D eigenvalue weighted by molar-refractivity contribution is 0.435. The molecule has 1 atom stereocenters. The van der Waals surface area contributed by atoms with Crippen molar-refractivity contribution >= 4 is 0 Å². The van der Waals surface area contributed by atoms with Crippen molar-refractivity contribution in [3.8, 4) is 0 Å². The Morgan fingerprint density at radius 2 is 2.10 bits per heavy atom. The number of hydrogen-bond donors (Lipinski definition) is 0. The first-order chi connectivity index (χ1) is 4.70. The third-order valence-electron chi connectivity index (χ3n) is 1.33. The predicted molar refractivity (Wildman–Crippen MR) is 42.8 cm³/mol. The first kappa shape index (κ1) is 7.29. The molecule has 1 fully saturated rings. The largest absolute Gasteiger partial charge is 0.368 e. The van der Waals surface area contributed by atoms with Crippen LogP contribution in [0, 0.1) is 0 Å². The summed E-state index contributed by atoms with van der Waals surface area (Å²) in [5.74, 6) is 0. The molecule has 1 aliphatic heterocycles. The fourth-order valence-electron chi connectivity index (χ4n) is 0.619. The highest BCUT2D eigenvalue weighted by Crippen LogP contribution is 2.18. The third-order valence-corrected chi connectivity index (χ3v) is 1.33. The van der Waals surface area contributed by atoms with E-state index in [-0.39, 0.29) is 6.10 Å². The van der Waals surface area contributed by atoms with Gasteiger partial charge in [-0.2, -0.15) is 0 Å². The van der Waals surface area contributed by atoms with E-state index in [2.05, 4.69) is 13.2 Å². The number of ether oxygens (including phenoxy) is 1. The Bertz CT molecular complexity index is 185. The maximum absolute atomic E-state index is 5.02. The van der Waals surface area contributed by atoms with Gasteiger partial charge in [-0.3, -0.25) is 0 Å². The summed E-state index contributed by atoms with van der Waals surface area (Å²) in [4.78, 5) is 0. The van der Waals surface area contributed by atoms with E-state index in [0.717, 1.165) is 17.8 Å². The van der Waals surface area contributed by atoms with Crippen molar-refractivity contribution in [3.05, 3.63) is 36.5 Å². The number of allylic oxidation sites excluding steroid dienone is 2. The van der Waals surface area contributed by atoms with Gasteiger partial charge >= 0.3 is 0 Å². The molecule has 1 saturated heterocycles. The van der Waals surface area contributed by atoms with Crippen LogP contribution in [0.5, 0.6) is 0 Å². The van der Waals surface area contributed by atoms with E-state index in [1.807, 2.05) is 19.1 Å². The summed E-state index contributed by atoms with van der Waals surface area (Å²) < 4.78 is 5.02. The summed E-state index contributed by atoms with van der Waals surface area (Å²) in [6, 6.07) is 0. The molecule has 0 saturated carbocycles. The molecular weight excluding hydrogens is 124 g/mol. The Balaban J connectivity index is 2.36. The van der Waals surface area contributed by atoms with Crippen LogP contribution in [0.4, 0.5) is 0 Å². The van der Waals surface area contributed by atoms with Crippen molar-refractivity contribution < 1.29 is 4.74 Å². The number of epoxide rings is 1. The standard InChI is InChI=1S/C9H12O/c1-7(2)4-5-8(3)9-6-10-9/h4-5,9H,1,3,6H2,2H3/b5-4-. The maximum Gasteiger partial charge on any atom is 0.105 e.